The Hall–Kier alpha value is -2.85. The summed E-state index contributed by atoms with van der Waals surface area (Å²) >= 11 is 1.24. The third kappa shape index (κ3) is 5.36. The van der Waals surface area contributed by atoms with Gasteiger partial charge >= 0.3 is 0 Å². The van der Waals surface area contributed by atoms with E-state index in [1.165, 1.54) is 11.8 Å². The predicted octanol–water partition coefficient (Wildman–Crippen LogP) is 4.09. The lowest BCUT2D eigenvalue weighted by Gasteiger charge is -2.19. The Morgan fingerprint density at radius 2 is 1.86 bits per heavy atom. The third-order valence-electron chi connectivity index (χ3n) is 4.86. The normalized spacial score (nSPS) is 10.3. The average molecular weight is 411 g/mol. The number of carbonyl (C=O) groups is 2. The summed E-state index contributed by atoms with van der Waals surface area (Å²) in [6.45, 7) is 10.9. The van der Waals surface area contributed by atoms with Gasteiger partial charge in [-0.1, -0.05) is 17.8 Å². The minimum absolute atomic E-state index is 0.0612. The molecule has 152 valence electrons. The lowest BCUT2D eigenvalue weighted by atomic mass is 10.1. The van der Waals surface area contributed by atoms with E-state index in [0.29, 0.717) is 34.9 Å². The summed E-state index contributed by atoms with van der Waals surface area (Å²) in [5.41, 5.74) is 4.36. The molecule has 0 radical (unpaired) electrons. The molecule has 6 nitrogen and oxygen atoms in total. The van der Waals surface area contributed by atoms with Gasteiger partial charge in [-0.25, -0.2) is 4.98 Å². The molecular formula is C22H26N4O2S. The quantitative estimate of drug-likeness (QED) is 0.695. The molecule has 7 heteroatoms. The fourth-order valence-electron chi connectivity index (χ4n) is 2.90. The Labute approximate surface area is 176 Å². The van der Waals surface area contributed by atoms with E-state index in [1.807, 2.05) is 34.6 Å². The van der Waals surface area contributed by atoms with Crippen LogP contribution in [0.4, 0.5) is 5.69 Å². The van der Waals surface area contributed by atoms with Crippen LogP contribution in [-0.4, -0.2) is 40.5 Å². The Morgan fingerprint density at radius 1 is 1.17 bits per heavy atom. The van der Waals surface area contributed by atoms with Crippen LogP contribution in [0.5, 0.6) is 0 Å². The van der Waals surface area contributed by atoms with Crippen LogP contribution in [-0.2, 0) is 4.79 Å². The number of aromatic nitrogens is 1. The number of thioether (sulfide) groups is 1. The topological polar surface area (TPSA) is 86.1 Å². The molecule has 0 saturated heterocycles. The number of hydrogen-bond acceptors (Lipinski definition) is 5. The van der Waals surface area contributed by atoms with Crippen molar-refractivity contribution in [3.63, 3.8) is 0 Å². The van der Waals surface area contributed by atoms with Gasteiger partial charge in [0.05, 0.1) is 11.3 Å². The zero-order valence-electron chi connectivity index (χ0n) is 17.5. The number of carbonyl (C=O) groups excluding carboxylic acids is 2. The molecule has 0 spiro atoms. The zero-order valence-corrected chi connectivity index (χ0v) is 18.3. The van der Waals surface area contributed by atoms with Crippen LogP contribution in [0.2, 0.25) is 0 Å². The van der Waals surface area contributed by atoms with Crippen molar-refractivity contribution in [1.82, 2.24) is 9.88 Å². The smallest absolute Gasteiger partial charge is 0.253 e. The highest BCUT2D eigenvalue weighted by molar-refractivity contribution is 8.00. The first-order valence-corrected chi connectivity index (χ1v) is 10.5. The Balaban J connectivity index is 2.09. The van der Waals surface area contributed by atoms with Gasteiger partial charge < -0.3 is 10.2 Å². The van der Waals surface area contributed by atoms with Crippen LogP contribution in [0, 0.1) is 32.1 Å². The van der Waals surface area contributed by atoms with Crippen molar-refractivity contribution in [3.05, 3.63) is 52.2 Å². The fraction of sp³-hybridized carbons (Fsp3) is 0.364. The van der Waals surface area contributed by atoms with Gasteiger partial charge in [-0.05, 0) is 63.9 Å². The molecule has 1 heterocycles. The standard InChI is InChI=1S/C22H26N4O2S/c1-6-26(7-2)22(28)17-9-8-10-18(11-17)25-20(27)13-29-21-19(12-23)15(4)14(3)16(5)24-21/h8-11H,6-7,13H2,1-5H3,(H,25,27). The molecule has 0 aliphatic rings. The van der Waals surface area contributed by atoms with Gasteiger partial charge in [-0.15, -0.1) is 0 Å². The van der Waals surface area contributed by atoms with E-state index < -0.39 is 0 Å². The van der Waals surface area contributed by atoms with Crippen LogP contribution in [0.15, 0.2) is 29.3 Å². The van der Waals surface area contributed by atoms with E-state index in [0.717, 1.165) is 16.8 Å². The molecule has 0 aliphatic heterocycles. The predicted molar refractivity (Wildman–Crippen MR) is 116 cm³/mol. The molecule has 0 fully saturated rings. The summed E-state index contributed by atoms with van der Waals surface area (Å²) in [5, 5.41) is 12.8. The van der Waals surface area contributed by atoms with Gasteiger partial charge in [-0.2, -0.15) is 5.26 Å². The largest absolute Gasteiger partial charge is 0.339 e. The molecule has 0 bridgehead atoms. The van der Waals surface area contributed by atoms with Crippen molar-refractivity contribution >= 4 is 29.3 Å². The summed E-state index contributed by atoms with van der Waals surface area (Å²) in [6.07, 6.45) is 0. The fourth-order valence-corrected chi connectivity index (χ4v) is 3.79. The molecule has 2 amide bonds. The maximum absolute atomic E-state index is 12.5. The average Bonchev–Trinajstić information content (AvgIpc) is 2.71. The lowest BCUT2D eigenvalue weighted by molar-refractivity contribution is -0.113. The third-order valence-corrected chi connectivity index (χ3v) is 5.83. The molecule has 0 unspecified atom stereocenters. The van der Waals surface area contributed by atoms with Gasteiger partial charge in [0.2, 0.25) is 5.91 Å². The van der Waals surface area contributed by atoms with Crippen molar-refractivity contribution in [3.8, 4) is 6.07 Å². The molecule has 1 aromatic carbocycles. The number of hydrogen-bond donors (Lipinski definition) is 1. The number of amides is 2. The van der Waals surface area contributed by atoms with Crippen LogP contribution >= 0.6 is 11.8 Å². The van der Waals surface area contributed by atoms with Crippen molar-refractivity contribution in [2.75, 3.05) is 24.2 Å². The molecule has 2 rings (SSSR count). The first-order valence-electron chi connectivity index (χ1n) is 9.52. The Kier molecular flexibility index (Phi) is 7.80. The van der Waals surface area contributed by atoms with Crippen LogP contribution in [0.1, 0.15) is 46.6 Å². The molecular weight excluding hydrogens is 384 g/mol. The van der Waals surface area contributed by atoms with E-state index in [2.05, 4.69) is 16.4 Å². The van der Waals surface area contributed by atoms with Gasteiger partial charge in [0.25, 0.3) is 5.91 Å². The van der Waals surface area contributed by atoms with E-state index in [4.69, 9.17) is 0 Å². The number of aryl methyl sites for hydroxylation is 1. The second-order valence-electron chi connectivity index (χ2n) is 6.63. The number of anilines is 1. The molecule has 0 aliphatic carbocycles. The number of benzene rings is 1. The maximum Gasteiger partial charge on any atom is 0.253 e. The number of nitriles is 1. The Morgan fingerprint density at radius 3 is 2.48 bits per heavy atom. The summed E-state index contributed by atoms with van der Waals surface area (Å²) in [5.74, 6) is -0.157. The molecule has 2 aromatic rings. The minimum atomic E-state index is -0.219. The second kappa shape index (κ2) is 10.1. The lowest BCUT2D eigenvalue weighted by Crippen LogP contribution is -2.30. The van der Waals surface area contributed by atoms with Crippen LogP contribution in [0.3, 0.4) is 0 Å². The van der Waals surface area contributed by atoms with Crippen molar-refractivity contribution < 1.29 is 9.59 Å². The van der Waals surface area contributed by atoms with Crippen molar-refractivity contribution in [1.29, 1.82) is 5.26 Å². The van der Waals surface area contributed by atoms with E-state index in [9.17, 15) is 14.9 Å². The molecule has 0 saturated carbocycles. The van der Waals surface area contributed by atoms with Crippen molar-refractivity contribution in [2.24, 2.45) is 0 Å². The number of nitrogens with zero attached hydrogens (tertiary/aromatic N) is 3. The minimum Gasteiger partial charge on any atom is -0.339 e. The first-order chi connectivity index (χ1) is 13.8. The SMILES string of the molecule is CCN(CC)C(=O)c1cccc(NC(=O)CSc2nc(C)c(C)c(C)c2C#N)c1. The highest BCUT2D eigenvalue weighted by atomic mass is 32.2. The molecule has 1 aromatic heterocycles. The maximum atomic E-state index is 12.5. The summed E-state index contributed by atoms with van der Waals surface area (Å²) in [4.78, 5) is 31.1. The first kappa shape index (κ1) is 22.4. The zero-order chi connectivity index (χ0) is 21.6. The van der Waals surface area contributed by atoms with Crippen LogP contribution in [0.25, 0.3) is 0 Å². The number of pyridine rings is 1. The highest BCUT2D eigenvalue weighted by Gasteiger charge is 2.16. The second-order valence-corrected chi connectivity index (χ2v) is 7.60. The number of nitrogens with one attached hydrogen (secondary N) is 1. The summed E-state index contributed by atoms with van der Waals surface area (Å²) < 4.78 is 0. The number of rotatable bonds is 7. The van der Waals surface area contributed by atoms with Gasteiger partial charge in [0, 0.05) is 30.0 Å². The van der Waals surface area contributed by atoms with Crippen molar-refractivity contribution in [2.45, 2.75) is 39.6 Å². The monoisotopic (exact) mass is 410 g/mol. The van der Waals surface area contributed by atoms with E-state index >= 15 is 0 Å². The summed E-state index contributed by atoms with van der Waals surface area (Å²) in [7, 11) is 0. The Bertz CT molecular complexity index is 962. The van der Waals surface area contributed by atoms with Gasteiger partial charge in [-0.3, -0.25) is 9.59 Å². The molecule has 0 atom stereocenters. The van der Waals surface area contributed by atoms with E-state index in [-0.39, 0.29) is 17.6 Å². The van der Waals surface area contributed by atoms with E-state index in [1.54, 1.807) is 29.2 Å². The van der Waals surface area contributed by atoms with Gasteiger partial charge in [0.15, 0.2) is 0 Å². The highest BCUT2D eigenvalue weighted by Crippen LogP contribution is 2.26. The summed E-state index contributed by atoms with van der Waals surface area (Å²) in [6, 6.07) is 9.12. The molecule has 1 N–H and O–H groups in total. The van der Waals surface area contributed by atoms with Crippen LogP contribution < -0.4 is 5.32 Å². The molecule has 29 heavy (non-hydrogen) atoms. The van der Waals surface area contributed by atoms with Gasteiger partial charge in [0.1, 0.15) is 11.1 Å².